The van der Waals surface area contributed by atoms with Gasteiger partial charge in [-0.15, -0.1) is 0 Å². The van der Waals surface area contributed by atoms with Crippen LogP contribution in [0.5, 0.6) is 0 Å². The fourth-order valence-electron chi connectivity index (χ4n) is 1.38. The monoisotopic (exact) mass is 160 g/mol. The number of aromatic nitrogens is 2. The highest BCUT2D eigenvalue weighted by Gasteiger charge is 2.01. The van der Waals surface area contributed by atoms with E-state index in [0.717, 1.165) is 11.3 Å². The first-order valence-corrected chi connectivity index (χ1v) is 4.08. The van der Waals surface area contributed by atoms with Gasteiger partial charge in [0.15, 0.2) is 0 Å². The summed E-state index contributed by atoms with van der Waals surface area (Å²) >= 11 is 0. The van der Waals surface area contributed by atoms with Crippen molar-refractivity contribution < 1.29 is 0 Å². The van der Waals surface area contributed by atoms with Gasteiger partial charge in [0.2, 0.25) is 0 Å². The molecule has 0 unspecified atom stereocenters. The fourth-order valence-corrected chi connectivity index (χ4v) is 1.38. The molecule has 0 aliphatic carbocycles. The van der Waals surface area contributed by atoms with E-state index in [1.807, 2.05) is 24.7 Å². The van der Waals surface area contributed by atoms with Gasteiger partial charge in [-0.25, -0.2) is 4.98 Å². The summed E-state index contributed by atoms with van der Waals surface area (Å²) in [6, 6.07) is 4.27. The molecule has 0 saturated heterocycles. The van der Waals surface area contributed by atoms with Gasteiger partial charge in [0.05, 0.1) is 0 Å². The Hall–Kier alpha value is -1.31. The molecule has 0 atom stereocenters. The van der Waals surface area contributed by atoms with Gasteiger partial charge < -0.3 is 4.57 Å². The van der Waals surface area contributed by atoms with E-state index in [2.05, 4.69) is 24.0 Å². The van der Waals surface area contributed by atoms with Crippen LogP contribution in [-0.4, -0.2) is 9.55 Å². The number of hydrogen-bond acceptors (Lipinski definition) is 1. The summed E-state index contributed by atoms with van der Waals surface area (Å²) in [5.41, 5.74) is 3.44. The van der Waals surface area contributed by atoms with Crippen LogP contribution in [0.4, 0.5) is 0 Å². The summed E-state index contributed by atoms with van der Waals surface area (Å²) in [5, 5.41) is 1.22. The Kier molecular flexibility index (Phi) is 1.43. The smallest absolute Gasteiger partial charge is 0.139 e. The van der Waals surface area contributed by atoms with Gasteiger partial charge in [0.1, 0.15) is 5.65 Å². The molecule has 2 aromatic rings. The van der Waals surface area contributed by atoms with Crippen LogP contribution in [0.15, 0.2) is 18.3 Å². The molecule has 0 aliphatic heterocycles. The molecule has 0 fully saturated rings. The first kappa shape index (κ1) is 7.35. The third kappa shape index (κ3) is 0.916. The molecular weight excluding hydrogens is 148 g/mol. The Bertz CT molecular complexity index is 427. The molecule has 0 aromatic carbocycles. The van der Waals surface area contributed by atoms with Crippen molar-refractivity contribution in [1.29, 1.82) is 0 Å². The summed E-state index contributed by atoms with van der Waals surface area (Å²) in [5.74, 6) is 0. The van der Waals surface area contributed by atoms with E-state index in [4.69, 9.17) is 0 Å². The minimum Gasteiger partial charge on any atom is -0.336 e. The summed E-state index contributed by atoms with van der Waals surface area (Å²) in [4.78, 5) is 4.50. The predicted octanol–water partition coefficient (Wildman–Crippen LogP) is 2.19. The van der Waals surface area contributed by atoms with E-state index in [1.165, 1.54) is 10.9 Å². The van der Waals surface area contributed by atoms with Crippen LogP contribution in [0.3, 0.4) is 0 Å². The third-order valence-electron chi connectivity index (χ3n) is 2.29. The van der Waals surface area contributed by atoms with Gasteiger partial charge in [0, 0.05) is 24.3 Å². The Balaban J connectivity index is 2.87. The number of aryl methyl sites for hydroxylation is 3. The number of rotatable bonds is 0. The maximum atomic E-state index is 4.50. The fraction of sp³-hybridized carbons (Fsp3) is 0.300. The van der Waals surface area contributed by atoms with Gasteiger partial charge in [0.25, 0.3) is 0 Å². The molecule has 0 N–H and O–H groups in total. The van der Waals surface area contributed by atoms with Crippen LogP contribution in [0, 0.1) is 13.8 Å². The second-order valence-corrected chi connectivity index (χ2v) is 3.23. The SMILES string of the molecule is Cc1cc2ccn(C)c2nc1C. The zero-order valence-corrected chi connectivity index (χ0v) is 7.63. The van der Waals surface area contributed by atoms with E-state index in [1.54, 1.807) is 0 Å². The molecule has 2 rings (SSSR count). The highest BCUT2D eigenvalue weighted by molar-refractivity contribution is 5.77. The number of fused-ring (bicyclic) bond motifs is 1. The molecule has 2 aromatic heterocycles. The average molecular weight is 160 g/mol. The summed E-state index contributed by atoms with van der Waals surface area (Å²) in [6.07, 6.45) is 2.04. The van der Waals surface area contributed by atoms with Crippen LogP contribution in [0.25, 0.3) is 11.0 Å². The molecule has 12 heavy (non-hydrogen) atoms. The lowest BCUT2D eigenvalue weighted by Gasteiger charge is -2.00. The maximum absolute atomic E-state index is 4.50. The Morgan fingerprint density at radius 3 is 2.83 bits per heavy atom. The Morgan fingerprint density at radius 1 is 1.33 bits per heavy atom. The highest BCUT2D eigenvalue weighted by Crippen LogP contribution is 2.15. The predicted molar refractivity (Wildman–Crippen MR) is 50.2 cm³/mol. The number of hydrogen-bond donors (Lipinski definition) is 0. The van der Waals surface area contributed by atoms with Crippen molar-refractivity contribution in [2.75, 3.05) is 0 Å². The van der Waals surface area contributed by atoms with Crippen molar-refractivity contribution in [2.45, 2.75) is 13.8 Å². The second kappa shape index (κ2) is 2.34. The minimum atomic E-state index is 1.07. The van der Waals surface area contributed by atoms with E-state index in [0.29, 0.717) is 0 Å². The lowest BCUT2D eigenvalue weighted by atomic mass is 10.2. The Morgan fingerprint density at radius 2 is 2.08 bits per heavy atom. The molecule has 2 nitrogen and oxygen atoms in total. The van der Waals surface area contributed by atoms with E-state index in [-0.39, 0.29) is 0 Å². The first-order chi connectivity index (χ1) is 5.68. The third-order valence-corrected chi connectivity index (χ3v) is 2.29. The summed E-state index contributed by atoms with van der Waals surface area (Å²) < 4.78 is 2.04. The Labute approximate surface area is 71.8 Å². The lowest BCUT2D eigenvalue weighted by Crippen LogP contribution is -1.91. The van der Waals surface area contributed by atoms with Crippen LogP contribution in [0.2, 0.25) is 0 Å². The van der Waals surface area contributed by atoms with Crippen molar-refractivity contribution in [3.63, 3.8) is 0 Å². The zero-order valence-electron chi connectivity index (χ0n) is 7.63. The zero-order chi connectivity index (χ0) is 8.72. The molecule has 0 aliphatic rings. The molecule has 62 valence electrons. The van der Waals surface area contributed by atoms with Gasteiger partial charge in [-0.05, 0) is 31.5 Å². The number of pyridine rings is 1. The van der Waals surface area contributed by atoms with Gasteiger partial charge in [-0.1, -0.05) is 0 Å². The molecular formula is C10H12N2. The topological polar surface area (TPSA) is 17.8 Å². The lowest BCUT2D eigenvalue weighted by molar-refractivity contribution is 0.941. The number of nitrogens with zero attached hydrogens (tertiary/aromatic N) is 2. The summed E-state index contributed by atoms with van der Waals surface area (Å²) in [6.45, 7) is 4.14. The van der Waals surface area contributed by atoms with E-state index >= 15 is 0 Å². The highest BCUT2D eigenvalue weighted by atomic mass is 15.0. The molecule has 0 spiro atoms. The normalized spacial score (nSPS) is 10.9. The van der Waals surface area contributed by atoms with Crippen molar-refractivity contribution in [3.05, 3.63) is 29.6 Å². The van der Waals surface area contributed by atoms with Gasteiger partial charge in [-0.2, -0.15) is 0 Å². The molecule has 0 radical (unpaired) electrons. The standard InChI is InChI=1S/C10H12N2/c1-7-6-9-4-5-12(3)10(9)11-8(7)2/h4-6H,1-3H3. The largest absolute Gasteiger partial charge is 0.336 e. The van der Waals surface area contributed by atoms with Gasteiger partial charge >= 0.3 is 0 Å². The van der Waals surface area contributed by atoms with Crippen LogP contribution in [-0.2, 0) is 7.05 Å². The van der Waals surface area contributed by atoms with Gasteiger partial charge in [-0.3, -0.25) is 0 Å². The molecule has 2 heteroatoms. The van der Waals surface area contributed by atoms with Crippen molar-refractivity contribution in [1.82, 2.24) is 9.55 Å². The van der Waals surface area contributed by atoms with E-state index < -0.39 is 0 Å². The maximum Gasteiger partial charge on any atom is 0.139 e. The van der Waals surface area contributed by atoms with Crippen LogP contribution in [0.1, 0.15) is 11.3 Å². The van der Waals surface area contributed by atoms with Crippen LogP contribution < -0.4 is 0 Å². The molecule has 0 amide bonds. The quantitative estimate of drug-likeness (QED) is 0.577. The minimum absolute atomic E-state index is 1.07. The molecule has 0 saturated carbocycles. The average Bonchev–Trinajstić information content (AvgIpc) is 2.35. The van der Waals surface area contributed by atoms with Crippen molar-refractivity contribution in [3.8, 4) is 0 Å². The first-order valence-electron chi connectivity index (χ1n) is 4.08. The van der Waals surface area contributed by atoms with Crippen molar-refractivity contribution in [2.24, 2.45) is 7.05 Å². The molecule has 0 bridgehead atoms. The summed E-state index contributed by atoms with van der Waals surface area (Å²) in [7, 11) is 2.02. The van der Waals surface area contributed by atoms with Crippen LogP contribution >= 0.6 is 0 Å². The second-order valence-electron chi connectivity index (χ2n) is 3.23. The van der Waals surface area contributed by atoms with E-state index in [9.17, 15) is 0 Å². The molecule has 2 heterocycles. The van der Waals surface area contributed by atoms with Crippen molar-refractivity contribution >= 4 is 11.0 Å².